The molecule has 3 nitrogen and oxygen atoms in total. The van der Waals surface area contributed by atoms with Gasteiger partial charge in [0.15, 0.2) is 0 Å². The quantitative estimate of drug-likeness (QED) is 0.476. The van der Waals surface area contributed by atoms with Crippen LogP contribution in [0.1, 0.15) is 42.5 Å². The van der Waals surface area contributed by atoms with E-state index in [-0.39, 0.29) is 36.2 Å². The molecule has 0 aliphatic carbocycles. The molecule has 176 valence electrons. The minimum absolute atomic E-state index is 0. The van der Waals surface area contributed by atoms with E-state index in [2.05, 4.69) is 36.5 Å². The number of rotatable bonds is 5. The molecule has 0 saturated carbocycles. The molecule has 0 aromatic heterocycles. The lowest BCUT2D eigenvalue weighted by atomic mass is 9.87. The highest BCUT2D eigenvalue weighted by Crippen LogP contribution is 2.36. The Morgan fingerprint density at radius 3 is 2.48 bits per heavy atom. The number of amides is 1. The second-order valence-corrected chi connectivity index (χ2v) is 8.61. The van der Waals surface area contributed by atoms with E-state index < -0.39 is 11.7 Å². The fourth-order valence-corrected chi connectivity index (χ4v) is 4.72. The van der Waals surface area contributed by atoms with Gasteiger partial charge in [-0.15, -0.1) is 12.4 Å². The number of likely N-dealkylation sites (tertiary alicyclic amines) is 1. The van der Waals surface area contributed by atoms with E-state index in [1.165, 1.54) is 35.4 Å². The Morgan fingerprint density at radius 1 is 1.06 bits per heavy atom. The van der Waals surface area contributed by atoms with Gasteiger partial charge in [0, 0.05) is 38.5 Å². The molecule has 4 rings (SSSR count). The van der Waals surface area contributed by atoms with E-state index in [0.717, 1.165) is 6.07 Å². The molecule has 3 aromatic carbocycles. The van der Waals surface area contributed by atoms with Gasteiger partial charge in [-0.05, 0) is 40.8 Å². The summed E-state index contributed by atoms with van der Waals surface area (Å²) in [6.45, 7) is 5.18. The van der Waals surface area contributed by atoms with Gasteiger partial charge in [0.1, 0.15) is 0 Å². The van der Waals surface area contributed by atoms with E-state index >= 15 is 0 Å². The molecule has 1 saturated heterocycles. The van der Waals surface area contributed by atoms with E-state index in [0.29, 0.717) is 25.2 Å². The molecule has 33 heavy (non-hydrogen) atoms. The molecule has 1 N–H and O–H groups in total. The van der Waals surface area contributed by atoms with Crippen molar-refractivity contribution in [1.29, 1.82) is 0 Å². The van der Waals surface area contributed by atoms with Crippen molar-refractivity contribution in [1.82, 2.24) is 10.2 Å². The number of nitrogens with one attached hydrogen (secondary N) is 1. The lowest BCUT2D eigenvalue weighted by Crippen LogP contribution is -2.31. The van der Waals surface area contributed by atoms with Crippen LogP contribution in [0.2, 0.25) is 0 Å². The summed E-state index contributed by atoms with van der Waals surface area (Å²) in [4.78, 5) is 13.8. The van der Waals surface area contributed by atoms with Gasteiger partial charge in [-0.3, -0.25) is 4.79 Å². The van der Waals surface area contributed by atoms with Gasteiger partial charge in [-0.2, -0.15) is 13.2 Å². The van der Waals surface area contributed by atoms with E-state index in [1.54, 1.807) is 11.0 Å². The highest BCUT2D eigenvalue weighted by molar-refractivity contribution is 5.86. The maximum absolute atomic E-state index is 13.2. The third kappa shape index (κ3) is 5.50. The van der Waals surface area contributed by atoms with Crippen molar-refractivity contribution in [3.8, 4) is 0 Å². The van der Waals surface area contributed by atoms with Crippen LogP contribution in [0, 0.1) is 5.92 Å². The van der Waals surface area contributed by atoms with Crippen LogP contribution in [-0.4, -0.2) is 30.4 Å². The predicted octanol–water partition coefficient (Wildman–Crippen LogP) is 6.19. The summed E-state index contributed by atoms with van der Waals surface area (Å²) in [7, 11) is 0. The van der Waals surface area contributed by atoms with Crippen molar-refractivity contribution in [2.45, 2.75) is 32.0 Å². The van der Waals surface area contributed by atoms with Crippen LogP contribution in [0.25, 0.3) is 10.8 Å². The Morgan fingerprint density at radius 2 is 1.76 bits per heavy atom. The van der Waals surface area contributed by atoms with Crippen LogP contribution >= 0.6 is 12.4 Å². The Bertz CT molecular complexity index is 1110. The molecule has 0 spiro atoms. The number of nitrogens with zero attached hydrogens (tertiary/aromatic N) is 1. The Hall–Kier alpha value is -2.57. The van der Waals surface area contributed by atoms with Crippen LogP contribution in [0.5, 0.6) is 0 Å². The Labute approximate surface area is 198 Å². The highest BCUT2D eigenvalue weighted by Gasteiger charge is 2.37. The van der Waals surface area contributed by atoms with Gasteiger partial charge in [0.2, 0.25) is 5.91 Å². The zero-order valence-corrected chi connectivity index (χ0v) is 19.4. The van der Waals surface area contributed by atoms with Crippen LogP contribution < -0.4 is 5.32 Å². The molecule has 1 aliphatic heterocycles. The van der Waals surface area contributed by atoms with Crippen molar-refractivity contribution in [2.75, 3.05) is 19.6 Å². The number of hydrogen-bond donors (Lipinski definition) is 1. The van der Waals surface area contributed by atoms with E-state index in [4.69, 9.17) is 0 Å². The van der Waals surface area contributed by atoms with Gasteiger partial charge in [0.05, 0.1) is 5.56 Å². The SMILES string of the molecule is CC(=O)N1CC(CN[C@H](C)c2cccc3ccccc23)C(c2cccc(C(F)(F)F)c2)C1.Cl. The molecule has 7 heteroatoms. The summed E-state index contributed by atoms with van der Waals surface area (Å²) >= 11 is 0. The van der Waals surface area contributed by atoms with Crippen molar-refractivity contribution in [2.24, 2.45) is 5.92 Å². The van der Waals surface area contributed by atoms with Crippen LogP contribution in [0.15, 0.2) is 66.7 Å². The maximum atomic E-state index is 13.2. The summed E-state index contributed by atoms with van der Waals surface area (Å²) in [5, 5.41) is 5.93. The number of halogens is 4. The first-order chi connectivity index (χ1) is 15.2. The number of fused-ring (bicyclic) bond motifs is 1. The smallest absolute Gasteiger partial charge is 0.342 e. The topological polar surface area (TPSA) is 32.3 Å². The first-order valence-electron chi connectivity index (χ1n) is 10.9. The summed E-state index contributed by atoms with van der Waals surface area (Å²) in [5.74, 6) is -0.167. The fourth-order valence-electron chi connectivity index (χ4n) is 4.72. The molecular weight excluding hydrogens is 449 g/mol. The van der Waals surface area contributed by atoms with E-state index in [1.807, 2.05) is 18.2 Å². The average Bonchev–Trinajstić information content (AvgIpc) is 3.21. The number of hydrogen-bond acceptors (Lipinski definition) is 2. The predicted molar refractivity (Wildman–Crippen MR) is 128 cm³/mol. The highest BCUT2D eigenvalue weighted by atomic mass is 35.5. The largest absolute Gasteiger partial charge is 0.416 e. The van der Waals surface area contributed by atoms with Crippen molar-refractivity contribution in [3.05, 3.63) is 83.4 Å². The summed E-state index contributed by atoms with van der Waals surface area (Å²) in [6, 6.07) is 20.0. The monoisotopic (exact) mass is 476 g/mol. The first kappa shape index (κ1) is 25.1. The lowest BCUT2D eigenvalue weighted by Gasteiger charge is -2.23. The maximum Gasteiger partial charge on any atom is 0.416 e. The first-order valence-corrected chi connectivity index (χ1v) is 10.9. The molecule has 1 heterocycles. The molecule has 2 unspecified atom stereocenters. The molecule has 3 aromatic rings. The zero-order chi connectivity index (χ0) is 22.9. The average molecular weight is 477 g/mol. The molecule has 1 amide bonds. The molecule has 1 aliphatic rings. The second-order valence-electron chi connectivity index (χ2n) is 8.61. The van der Waals surface area contributed by atoms with Crippen molar-refractivity contribution < 1.29 is 18.0 Å². The molecule has 0 bridgehead atoms. The minimum atomic E-state index is -4.38. The van der Waals surface area contributed by atoms with Crippen LogP contribution in [0.3, 0.4) is 0 Å². The summed E-state index contributed by atoms with van der Waals surface area (Å²) in [6.07, 6.45) is -4.38. The van der Waals surface area contributed by atoms with Crippen molar-refractivity contribution in [3.63, 3.8) is 0 Å². The van der Waals surface area contributed by atoms with Crippen LogP contribution in [0.4, 0.5) is 13.2 Å². The minimum Gasteiger partial charge on any atom is -0.342 e. The standard InChI is InChI=1S/C26H27F3N2O.ClH/c1-17(23-12-6-8-19-7-3-4-11-24(19)23)30-14-21-15-31(18(2)32)16-25(21)20-9-5-10-22(13-20)26(27,28)29;/h3-13,17,21,25,30H,14-16H2,1-2H3;1H/t17-,21?,25?;/m1./s1. The third-order valence-corrected chi connectivity index (χ3v) is 6.50. The zero-order valence-electron chi connectivity index (χ0n) is 18.6. The third-order valence-electron chi connectivity index (χ3n) is 6.50. The Kier molecular flexibility index (Phi) is 7.70. The number of benzene rings is 3. The summed E-state index contributed by atoms with van der Waals surface area (Å²) < 4.78 is 39.7. The summed E-state index contributed by atoms with van der Waals surface area (Å²) in [5.41, 5.74) is 1.17. The number of alkyl halides is 3. The van der Waals surface area contributed by atoms with Gasteiger partial charge < -0.3 is 10.2 Å². The van der Waals surface area contributed by atoms with Crippen LogP contribution in [-0.2, 0) is 11.0 Å². The second kappa shape index (κ2) is 10.1. The number of carbonyl (C=O) groups excluding carboxylic acids is 1. The molecule has 0 radical (unpaired) electrons. The molecule has 1 fully saturated rings. The van der Waals surface area contributed by atoms with E-state index in [9.17, 15) is 18.0 Å². The van der Waals surface area contributed by atoms with Gasteiger partial charge in [-0.25, -0.2) is 0 Å². The van der Waals surface area contributed by atoms with Crippen molar-refractivity contribution >= 4 is 29.1 Å². The normalized spacial score (nSPS) is 19.4. The van der Waals surface area contributed by atoms with Gasteiger partial charge in [-0.1, -0.05) is 60.7 Å². The lowest BCUT2D eigenvalue weighted by molar-refractivity contribution is -0.137. The number of carbonyl (C=O) groups is 1. The Balaban J connectivity index is 0.00000306. The fraction of sp³-hybridized carbons (Fsp3) is 0.346. The molecule has 3 atom stereocenters. The van der Waals surface area contributed by atoms with Gasteiger partial charge in [0.25, 0.3) is 0 Å². The molecular formula is C26H28ClF3N2O. The van der Waals surface area contributed by atoms with Gasteiger partial charge >= 0.3 is 6.18 Å².